The molecule has 2 aromatic heterocycles. The fraction of sp³-hybridized carbons (Fsp3) is 0.438. The number of nitrogens with one attached hydrogen (secondary N) is 2. The van der Waals surface area contributed by atoms with Gasteiger partial charge >= 0.3 is 5.88 Å². The van der Waals surface area contributed by atoms with E-state index in [4.69, 9.17) is 4.42 Å². The minimum atomic E-state index is -0.650. The van der Waals surface area contributed by atoms with Crippen LogP contribution in [0.2, 0.25) is 0 Å². The first kappa shape index (κ1) is 16.7. The predicted molar refractivity (Wildman–Crippen MR) is 89.3 cm³/mol. The Labute approximate surface area is 143 Å². The molecular formula is C16H20N3O4S+. The number of amides is 1. The van der Waals surface area contributed by atoms with Gasteiger partial charge in [-0.3, -0.25) is 14.9 Å². The summed E-state index contributed by atoms with van der Waals surface area (Å²) in [5, 5.41) is 15.7. The maximum atomic E-state index is 12.3. The summed E-state index contributed by atoms with van der Waals surface area (Å²) in [7, 11) is 0. The normalized spacial score (nSPS) is 17.5. The molecule has 1 amide bonds. The van der Waals surface area contributed by atoms with E-state index in [0.717, 1.165) is 13.1 Å². The second-order valence-corrected chi connectivity index (χ2v) is 6.99. The molecule has 1 aliphatic rings. The molecule has 0 aromatic carbocycles. The first-order chi connectivity index (χ1) is 11.6. The molecule has 8 heteroatoms. The summed E-state index contributed by atoms with van der Waals surface area (Å²) in [6.45, 7) is 4.16. The molecule has 0 spiro atoms. The van der Waals surface area contributed by atoms with Crippen LogP contribution in [0.4, 0.5) is 5.88 Å². The van der Waals surface area contributed by atoms with Crippen molar-refractivity contribution in [2.24, 2.45) is 0 Å². The molecule has 0 aliphatic carbocycles. The lowest BCUT2D eigenvalue weighted by atomic mass is 10.1. The third kappa shape index (κ3) is 3.49. The average Bonchev–Trinajstić information content (AvgIpc) is 3.30. The zero-order valence-electron chi connectivity index (χ0n) is 13.4. The molecule has 1 fully saturated rings. The molecule has 0 unspecified atom stereocenters. The summed E-state index contributed by atoms with van der Waals surface area (Å²) in [5.74, 6) is -0.876. The van der Waals surface area contributed by atoms with Crippen LogP contribution in [0.5, 0.6) is 0 Å². The monoisotopic (exact) mass is 350 g/mol. The molecule has 7 nitrogen and oxygen atoms in total. The molecule has 3 rings (SSSR count). The van der Waals surface area contributed by atoms with Crippen molar-refractivity contribution in [3.63, 3.8) is 0 Å². The largest absolute Gasteiger partial charge is 0.433 e. The molecular weight excluding hydrogens is 330 g/mol. The van der Waals surface area contributed by atoms with Gasteiger partial charge in [0, 0.05) is 12.8 Å². The van der Waals surface area contributed by atoms with Gasteiger partial charge in [-0.2, -0.15) is 0 Å². The van der Waals surface area contributed by atoms with Crippen LogP contribution in [-0.2, 0) is 0 Å². The molecule has 1 aliphatic heterocycles. The van der Waals surface area contributed by atoms with E-state index < -0.39 is 16.7 Å². The minimum absolute atomic E-state index is 0.0325. The first-order valence-electron chi connectivity index (χ1n) is 7.99. The maximum Gasteiger partial charge on any atom is 0.433 e. The summed E-state index contributed by atoms with van der Waals surface area (Å²) in [6, 6.07) is 6.73. The predicted octanol–water partition coefficient (Wildman–Crippen LogP) is 1.79. The Morgan fingerprint density at radius 3 is 2.71 bits per heavy atom. The molecule has 2 atom stereocenters. The third-order valence-electron chi connectivity index (χ3n) is 4.39. The lowest BCUT2D eigenvalue weighted by Crippen LogP contribution is -3.11. The molecule has 0 saturated carbocycles. The Morgan fingerprint density at radius 1 is 1.38 bits per heavy atom. The summed E-state index contributed by atoms with van der Waals surface area (Å²) < 4.78 is 4.99. The van der Waals surface area contributed by atoms with Gasteiger partial charge in [0.1, 0.15) is 11.0 Å². The Hall–Kier alpha value is -2.19. The van der Waals surface area contributed by atoms with E-state index in [9.17, 15) is 14.9 Å². The van der Waals surface area contributed by atoms with E-state index in [1.54, 1.807) is 11.3 Å². The number of hydrogen-bond donors (Lipinski definition) is 2. The second-order valence-electron chi connectivity index (χ2n) is 6.02. The zero-order chi connectivity index (χ0) is 17.1. The Balaban J connectivity index is 1.73. The number of thiophene rings is 1. The number of hydrogen-bond acceptors (Lipinski definition) is 5. The van der Waals surface area contributed by atoms with Crippen molar-refractivity contribution in [1.82, 2.24) is 5.32 Å². The SMILES string of the molecule is C[C@H](NC(=O)c1ccc([N+](=O)[O-])o1)[C@@H](c1cccs1)[NH+]1CCCC1. The van der Waals surface area contributed by atoms with Crippen molar-refractivity contribution < 1.29 is 19.0 Å². The van der Waals surface area contributed by atoms with Gasteiger partial charge in [-0.05, 0) is 24.4 Å². The van der Waals surface area contributed by atoms with Crippen LogP contribution in [-0.4, -0.2) is 30.0 Å². The number of nitrogens with zero attached hydrogens (tertiary/aromatic N) is 1. The van der Waals surface area contributed by atoms with Crippen molar-refractivity contribution in [3.05, 3.63) is 50.4 Å². The molecule has 2 N–H and O–H groups in total. The van der Waals surface area contributed by atoms with Crippen molar-refractivity contribution >= 4 is 23.1 Å². The van der Waals surface area contributed by atoms with Crippen LogP contribution in [0.15, 0.2) is 34.1 Å². The van der Waals surface area contributed by atoms with Gasteiger partial charge in [-0.1, -0.05) is 6.07 Å². The van der Waals surface area contributed by atoms with E-state index in [-0.39, 0.29) is 17.8 Å². The summed E-state index contributed by atoms with van der Waals surface area (Å²) in [5.41, 5.74) is 0. The molecule has 2 aromatic rings. The van der Waals surface area contributed by atoms with Gasteiger partial charge in [0.25, 0.3) is 5.91 Å². The minimum Gasteiger partial charge on any atom is -0.395 e. The van der Waals surface area contributed by atoms with Gasteiger partial charge in [-0.15, -0.1) is 11.3 Å². The van der Waals surface area contributed by atoms with Crippen LogP contribution in [0.25, 0.3) is 0 Å². The van der Waals surface area contributed by atoms with Crippen LogP contribution in [0.1, 0.15) is 41.2 Å². The Kier molecular flexibility index (Phi) is 4.96. The third-order valence-corrected chi connectivity index (χ3v) is 5.35. The Bertz CT molecular complexity index is 707. The fourth-order valence-corrected chi connectivity index (χ4v) is 4.31. The van der Waals surface area contributed by atoms with Gasteiger partial charge in [0.15, 0.2) is 5.76 Å². The van der Waals surface area contributed by atoms with E-state index >= 15 is 0 Å². The number of furan rings is 1. The Morgan fingerprint density at radius 2 is 2.12 bits per heavy atom. The lowest BCUT2D eigenvalue weighted by Gasteiger charge is -2.29. The molecule has 128 valence electrons. The van der Waals surface area contributed by atoms with Crippen LogP contribution in [0.3, 0.4) is 0 Å². The highest BCUT2D eigenvalue weighted by molar-refractivity contribution is 7.10. The van der Waals surface area contributed by atoms with E-state index in [2.05, 4.69) is 11.4 Å². The highest BCUT2D eigenvalue weighted by atomic mass is 32.1. The number of carbonyl (C=O) groups is 1. The molecule has 24 heavy (non-hydrogen) atoms. The number of likely N-dealkylation sites (tertiary alicyclic amines) is 1. The topological polar surface area (TPSA) is 89.8 Å². The highest BCUT2D eigenvalue weighted by Crippen LogP contribution is 2.22. The van der Waals surface area contributed by atoms with Gasteiger partial charge in [0.05, 0.1) is 30.1 Å². The molecule has 0 radical (unpaired) electrons. The summed E-state index contributed by atoms with van der Waals surface area (Å²) >= 11 is 1.69. The quantitative estimate of drug-likeness (QED) is 0.614. The molecule has 1 saturated heterocycles. The van der Waals surface area contributed by atoms with Crippen LogP contribution >= 0.6 is 11.3 Å². The lowest BCUT2D eigenvalue weighted by molar-refractivity contribution is -0.920. The average molecular weight is 350 g/mol. The van der Waals surface area contributed by atoms with Gasteiger partial charge in [0.2, 0.25) is 0 Å². The van der Waals surface area contributed by atoms with Crippen LogP contribution < -0.4 is 10.2 Å². The number of nitro groups is 1. The number of quaternary nitrogens is 1. The van der Waals surface area contributed by atoms with Gasteiger partial charge < -0.3 is 14.6 Å². The zero-order valence-corrected chi connectivity index (χ0v) is 14.2. The highest BCUT2D eigenvalue weighted by Gasteiger charge is 2.34. The van der Waals surface area contributed by atoms with Crippen molar-refractivity contribution in [1.29, 1.82) is 0 Å². The summed E-state index contributed by atoms with van der Waals surface area (Å²) in [6.07, 6.45) is 2.39. The van der Waals surface area contributed by atoms with Gasteiger partial charge in [-0.25, -0.2) is 0 Å². The number of carbonyl (C=O) groups excluding carboxylic acids is 1. The molecule has 3 heterocycles. The van der Waals surface area contributed by atoms with Crippen molar-refractivity contribution in [3.8, 4) is 0 Å². The van der Waals surface area contributed by atoms with E-state index in [1.165, 1.54) is 34.8 Å². The first-order valence-corrected chi connectivity index (χ1v) is 8.87. The van der Waals surface area contributed by atoms with Crippen molar-refractivity contribution in [2.75, 3.05) is 13.1 Å². The second kappa shape index (κ2) is 7.14. The number of rotatable bonds is 6. The molecule has 0 bridgehead atoms. The summed E-state index contributed by atoms with van der Waals surface area (Å²) in [4.78, 5) is 25.1. The van der Waals surface area contributed by atoms with E-state index in [1.807, 2.05) is 18.4 Å². The van der Waals surface area contributed by atoms with E-state index in [0.29, 0.717) is 0 Å². The smallest absolute Gasteiger partial charge is 0.395 e. The standard InChI is InChI=1S/C16H19N3O4S/c1-11(17-16(20)12-6-7-14(23-12)19(21)22)15(13-5-4-10-24-13)18-8-2-3-9-18/h4-7,10-11,15H,2-3,8-9H2,1H3,(H,17,20)/p+1/t11-,15-/m0/s1. The maximum absolute atomic E-state index is 12.3. The fourth-order valence-electron chi connectivity index (χ4n) is 3.32. The van der Waals surface area contributed by atoms with Crippen LogP contribution in [0, 0.1) is 10.1 Å². The van der Waals surface area contributed by atoms with Crippen molar-refractivity contribution in [2.45, 2.75) is 31.8 Å².